The van der Waals surface area contributed by atoms with Crippen molar-refractivity contribution in [1.29, 1.82) is 0 Å². The van der Waals surface area contributed by atoms with Crippen LogP contribution in [0.1, 0.15) is 19.5 Å². The van der Waals surface area contributed by atoms with E-state index in [0.717, 1.165) is 5.69 Å². The predicted octanol–water partition coefficient (Wildman–Crippen LogP) is -0.478. The van der Waals surface area contributed by atoms with E-state index in [0.29, 0.717) is 12.6 Å². The summed E-state index contributed by atoms with van der Waals surface area (Å²) in [5.74, 6) is -0.0803. The van der Waals surface area contributed by atoms with Crippen LogP contribution in [0.3, 0.4) is 0 Å². The lowest BCUT2D eigenvalue weighted by atomic mass is 10.3. The highest BCUT2D eigenvalue weighted by molar-refractivity contribution is 5.75. The van der Waals surface area contributed by atoms with Crippen LogP contribution in [0.25, 0.3) is 0 Å². The first-order chi connectivity index (χ1) is 7.11. The maximum Gasteiger partial charge on any atom is 0.241 e. The van der Waals surface area contributed by atoms with E-state index in [1.165, 1.54) is 4.68 Å². The minimum Gasteiger partial charge on any atom is -0.358 e. The highest BCUT2D eigenvalue weighted by Crippen LogP contribution is 1.93. The molecule has 0 aliphatic rings. The topological polar surface area (TPSA) is 71.8 Å². The minimum atomic E-state index is -0.0803. The molecule has 6 heteroatoms. The molecule has 6 nitrogen and oxygen atoms in total. The van der Waals surface area contributed by atoms with Crippen molar-refractivity contribution in [3.8, 4) is 0 Å². The van der Waals surface area contributed by atoms with Crippen molar-refractivity contribution in [1.82, 2.24) is 25.6 Å². The number of nitrogens with one attached hydrogen (secondary N) is 2. The molecule has 0 aliphatic carbocycles. The molecule has 0 bridgehead atoms. The summed E-state index contributed by atoms with van der Waals surface area (Å²) in [5, 5.41) is 13.5. The van der Waals surface area contributed by atoms with Crippen LogP contribution in [-0.2, 0) is 17.9 Å². The van der Waals surface area contributed by atoms with Crippen LogP contribution in [0.5, 0.6) is 0 Å². The Balaban J connectivity index is 2.45. The van der Waals surface area contributed by atoms with E-state index in [1.807, 2.05) is 0 Å². The molecular formula is C9H17N5O. The second kappa shape index (κ2) is 5.45. The molecule has 1 amide bonds. The first kappa shape index (κ1) is 11.6. The highest BCUT2D eigenvalue weighted by Gasteiger charge is 2.04. The van der Waals surface area contributed by atoms with Crippen LogP contribution >= 0.6 is 0 Å². The monoisotopic (exact) mass is 211 g/mol. The number of nitrogens with zero attached hydrogens (tertiary/aromatic N) is 3. The molecule has 0 atom stereocenters. The van der Waals surface area contributed by atoms with Crippen LogP contribution in [0.15, 0.2) is 6.20 Å². The van der Waals surface area contributed by atoms with Gasteiger partial charge in [0.1, 0.15) is 6.54 Å². The summed E-state index contributed by atoms with van der Waals surface area (Å²) in [7, 11) is 1.60. The number of hydrogen-bond acceptors (Lipinski definition) is 4. The van der Waals surface area contributed by atoms with Crippen LogP contribution < -0.4 is 10.6 Å². The van der Waals surface area contributed by atoms with Gasteiger partial charge < -0.3 is 10.6 Å². The van der Waals surface area contributed by atoms with Crippen molar-refractivity contribution in [2.45, 2.75) is 33.0 Å². The fourth-order valence-corrected chi connectivity index (χ4v) is 1.03. The Bertz CT molecular complexity index is 320. The third-order valence-corrected chi connectivity index (χ3v) is 1.86. The molecule has 0 saturated carbocycles. The van der Waals surface area contributed by atoms with Gasteiger partial charge in [-0.05, 0) is 0 Å². The maximum absolute atomic E-state index is 11.0. The highest BCUT2D eigenvalue weighted by atomic mass is 16.1. The summed E-state index contributed by atoms with van der Waals surface area (Å²) in [6.07, 6.45) is 1.77. The largest absolute Gasteiger partial charge is 0.358 e. The van der Waals surface area contributed by atoms with Gasteiger partial charge in [0.05, 0.1) is 11.9 Å². The van der Waals surface area contributed by atoms with Gasteiger partial charge in [0.2, 0.25) is 5.91 Å². The zero-order chi connectivity index (χ0) is 11.3. The molecule has 0 aromatic carbocycles. The second-order valence-corrected chi connectivity index (χ2v) is 3.62. The zero-order valence-electron chi connectivity index (χ0n) is 9.32. The van der Waals surface area contributed by atoms with Crippen LogP contribution in [0.4, 0.5) is 0 Å². The summed E-state index contributed by atoms with van der Waals surface area (Å²) in [4.78, 5) is 11.0. The Hall–Kier alpha value is -1.43. The summed E-state index contributed by atoms with van der Waals surface area (Å²) >= 11 is 0. The number of carbonyl (C=O) groups excluding carboxylic acids is 1. The van der Waals surface area contributed by atoms with E-state index in [2.05, 4.69) is 34.8 Å². The predicted molar refractivity (Wildman–Crippen MR) is 56.1 cm³/mol. The summed E-state index contributed by atoms with van der Waals surface area (Å²) in [5.41, 5.74) is 0.840. The first-order valence-electron chi connectivity index (χ1n) is 4.94. The number of aromatic nitrogens is 3. The Kier molecular flexibility index (Phi) is 4.23. The van der Waals surface area contributed by atoms with Crippen LogP contribution in [-0.4, -0.2) is 34.0 Å². The summed E-state index contributed by atoms with van der Waals surface area (Å²) < 4.78 is 1.52. The van der Waals surface area contributed by atoms with Crippen LogP contribution in [0, 0.1) is 0 Å². The van der Waals surface area contributed by atoms with Crippen molar-refractivity contribution in [2.75, 3.05) is 7.05 Å². The third kappa shape index (κ3) is 4.07. The molecule has 1 aromatic rings. The standard InChI is InChI=1S/C9H17N5O/c1-7(2)11-4-8-5-14(13-12-8)6-9(15)10-3/h5,7,11H,4,6H2,1-3H3,(H,10,15). The van der Waals surface area contributed by atoms with Crippen molar-refractivity contribution in [2.24, 2.45) is 0 Å². The van der Waals surface area contributed by atoms with Gasteiger partial charge in [0.25, 0.3) is 0 Å². The number of rotatable bonds is 5. The second-order valence-electron chi connectivity index (χ2n) is 3.62. The molecule has 1 rings (SSSR count). The lowest BCUT2D eigenvalue weighted by molar-refractivity contribution is -0.121. The number of carbonyl (C=O) groups is 1. The Morgan fingerprint density at radius 1 is 1.60 bits per heavy atom. The molecule has 0 spiro atoms. The third-order valence-electron chi connectivity index (χ3n) is 1.86. The molecular weight excluding hydrogens is 194 g/mol. The zero-order valence-corrected chi connectivity index (χ0v) is 9.32. The molecule has 15 heavy (non-hydrogen) atoms. The van der Waals surface area contributed by atoms with Gasteiger partial charge in [-0.3, -0.25) is 4.79 Å². The number of hydrogen-bond donors (Lipinski definition) is 2. The summed E-state index contributed by atoms with van der Waals surface area (Å²) in [6.45, 7) is 5.01. The van der Waals surface area contributed by atoms with Crippen molar-refractivity contribution >= 4 is 5.91 Å². The number of amides is 1. The van der Waals surface area contributed by atoms with E-state index in [1.54, 1.807) is 13.2 Å². The van der Waals surface area contributed by atoms with E-state index >= 15 is 0 Å². The molecule has 2 N–H and O–H groups in total. The SMILES string of the molecule is CNC(=O)Cn1cc(CNC(C)C)nn1. The van der Waals surface area contributed by atoms with Gasteiger partial charge >= 0.3 is 0 Å². The normalized spacial score (nSPS) is 10.7. The smallest absolute Gasteiger partial charge is 0.241 e. The molecule has 1 heterocycles. The maximum atomic E-state index is 11.0. The molecule has 0 unspecified atom stereocenters. The molecule has 0 fully saturated rings. The van der Waals surface area contributed by atoms with Gasteiger partial charge in [0, 0.05) is 19.6 Å². The average Bonchev–Trinajstić information content (AvgIpc) is 2.62. The van der Waals surface area contributed by atoms with E-state index < -0.39 is 0 Å². The molecule has 84 valence electrons. The lowest BCUT2D eigenvalue weighted by Crippen LogP contribution is -2.23. The minimum absolute atomic E-state index is 0.0803. The van der Waals surface area contributed by atoms with Crippen molar-refractivity contribution in [3.63, 3.8) is 0 Å². The van der Waals surface area contributed by atoms with E-state index in [-0.39, 0.29) is 12.5 Å². The molecule has 0 radical (unpaired) electrons. The fourth-order valence-electron chi connectivity index (χ4n) is 1.03. The fraction of sp³-hybridized carbons (Fsp3) is 0.667. The molecule has 0 saturated heterocycles. The number of likely N-dealkylation sites (N-methyl/N-ethyl adjacent to an activating group) is 1. The first-order valence-corrected chi connectivity index (χ1v) is 4.94. The molecule has 0 aliphatic heterocycles. The van der Waals surface area contributed by atoms with E-state index in [9.17, 15) is 4.79 Å². The summed E-state index contributed by atoms with van der Waals surface area (Å²) in [6, 6.07) is 0.411. The van der Waals surface area contributed by atoms with Gasteiger partial charge in [-0.1, -0.05) is 19.1 Å². The molecule has 1 aromatic heterocycles. The van der Waals surface area contributed by atoms with Gasteiger partial charge in [0.15, 0.2) is 0 Å². The van der Waals surface area contributed by atoms with Crippen molar-refractivity contribution in [3.05, 3.63) is 11.9 Å². The van der Waals surface area contributed by atoms with Crippen LogP contribution in [0.2, 0.25) is 0 Å². The van der Waals surface area contributed by atoms with Crippen molar-refractivity contribution < 1.29 is 4.79 Å². The Morgan fingerprint density at radius 3 is 2.93 bits per heavy atom. The van der Waals surface area contributed by atoms with Gasteiger partial charge in [-0.2, -0.15) is 0 Å². The Labute approximate surface area is 89.0 Å². The Morgan fingerprint density at radius 2 is 2.33 bits per heavy atom. The quantitative estimate of drug-likeness (QED) is 0.690. The average molecular weight is 211 g/mol. The van der Waals surface area contributed by atoms with Gasteiger partial charge in [-0.25, -0.2) is 4.68 Å². The van der Waals surface area contributed by atoms with E-state index in [4.69, 9.17) is 0 Å². The lowest BCUT2D eigenvalue weighted by Gasteiger charge is -2.04. The van der Waals surface area contributed by atoms with Gasteiger partial charge in [-0.15, -0.1) is 5.10 Å².